The molecular formula is C13H17F3N2. The molecule has 0 spiro atoms. The van der Waals surface area contributed by atoms with Crippen molar-refractivity contribution in [2.75, 3.05) is 24.5 Å². The summed E-state index contributed by atoms with van der Waals surface area (Å²) in [6.07, 6.45) is -0.509. The predicted octanol–water partition coefficient (Wildman–Crippen LogP) is 2.65. The molecule has 1 saturated heterocycles. The highest BCUT2D eigenvalue weighted by atomic mass is 19.3. The van der Waals surface area contributed by atoms with Gasteiger partial charge < -0.3 is 10.2 Å². The monoisotopic (exact) mass is 258 g/mol. The number of rotatable bonds is 4. The van der Waals surface area contributed by atoms with Crippen molar-refractivity contribution in [2.24, 2.45) is 0 Å². The third-order valence-electron chi connectivity index (χ3n) is 3.16. The van der Waals surface area contributed by atoms with Crippen molar-refractivity contribution in [2.45, 2.75) is 25.3 Å². The lowest BCUT2D eigenvalue weighted by atomic mass is 10.0. The molecule has 1 aliphatic heterocycles. The molecular weight excluding hydrogens is 241 g/mol. The van der Waals surface area contributed by atoms with E-state index in [2.05, 4.69) is 5.32 Å². The maximum atomic E-state index is 13.1. The van der Waals surface area contributed by atoms with E-state index < -0.39 is 6.43 Å². The van der Waals surface area contributed by atoms with Gasteiger partial charge in [0.1, 0.15) is 5.82 Å². The van der Waals surface area contributed by atoms with Crippen LogP contribution >= 0.6 is 0 Å². The van der Waals surface area contributed by atoms with E-state index in [9.17, 15) is 13.2 Å². The van der Waals surface area contributed by atoms with Gasteiger partial charge in [-0.25, -0.2) is 13.2 Å². The SMILES string of the molecule is Fc1cccc(N2CCCC(NCC(F)F)C2)c1. The number of hydrogen-bond donors (Lipinski definition) is 1. The van der Waals surface area contributed by atoms with Gasteiger partial charge in [-0.1, -0.05) is 6.07 Å². The van der Waals surface area contributed by atoms with Crippen molar-refractivity contribution in [3.05, 3.63) is 30.1 Å². The van der Waals surface area contributed by atoms with Crippen LogP contribution in [0.2, 0.25) is 0 Å². The van der Waals surface area contributed by atoms with Crippen molar-refractivity contribution in [1.82, 2.24) is 5.32 Å². The zero-order valence-electron chi connectivity index (χ0n) is 10.1. The zero-order chi connectivity index (χ0) is 13.0. The number of halogens is 3. The molecule has 1 heterocycles. The van der Waals surface area contributed by atoms with E-state index in [4.69, 9.17) is 0 Å². The quantitative estimate of drug-likeness (QED) is 0.893. The van der Waals surface area contributed by atoms with Crippen LogP contribution in [-0.4, -0.2) is 32.1 Å². The Bertz CT molecular complexity index is 384. The van der Waals surface area contributed by atoms with Gasteiger partial charge in [0.15, 0.2) is 0 Å². The van der Waals surface area contributed by atoms with Crippen molar-refractivity contribution in [1.29, 1.82) is 0 Å². The molecule has 5 heteroatoms. The molecule has 0 aliphatic carbocycles. The number of nitrogens with zero attached hydrogens (tertiary/aromatic N) is 1. The van der Waals surface area contributed by atoms with Crippen LogP contribution in [0.15, 0.2) is 24.3 Å². The van der Waals surface area contributed by atoms with Gasteiger partial charge in [-0.15, -0.1) is 0 Å². The molecule has 0 bridgehead atoms. The Morgan fingerprint density at radius 1 is 1.39 bits per heavy atom. The highest BCUT2D eigenvalue weighted by Gasteiger charge is 2.20. The van der Waals surface area contributed by atoms with Gasteiger partial charge in [0.25, 0.3) is 6.43 Å². The topological polar surface area (TPSA) is 15.3 Å². The first-order valence-corrected chi connectivity index (χ1v) is 6.17. The van der Waals surface area contributed by atoms with Crippen LogP contribution in [0.3, 0.4) is 0 Å². The van der Waals surface area contributed by atoms with E-state index in [1.54, 1.807) is 6.07 Å². The zero-order valence-corrected chi connectivity index (χ0v) is 10.1. The van der Waals surface area contributed by atoms with Crippen molar-refractivity contribution >= 4 is 5.69 Å². The van der Waals surface area contributed by atoms with Crippen molar-refractivity contribution < 1.29 is 13.2 Å². The summed E-state index contributed by atoms with van der Waals surface area (Å²) in [5.74, 6) is -0.268. The van der Waals surface area contributed by atoms with Gasteiger partial charge in [-0.3, -0.25) is 0 Å². The number of hydrogen-bond acceptors (Lipinski definition) is 2. The number of nitrogens with one attached hydrogen (secondary N) is 1. The molecule has 1 aliphatic rings. The Morgan fingerprint density at radius 2 is 2.22 bits per heavy atom. The molecule has 0 radical (unpaired) electrons. The Balaban J connectivity index is 1.94. The molecule has 1 fully saturated rings. The van der Waals surface area contributed by atoms with Gasteiger partial charge in [-0.05, 0) is 31.0 Å². The summed E-state index contributed by atoms with van der Waals surface area (Å²) < 4.78 is 37.4. The average molecular weight is 258 g/mol. The number of anilines is 1. The first-order valence-electron chi connectivity index (χ1n) is 6.17. The molecule has 18 heavy (non-hydrogen) atoms. The van der Waals surface area contributed by atoms with Crippen molar-refractivity contribution in [3.63, 3.8) is 0 Å². The van der Waals surface area contributed by atoms with E-state index in [1.165, 1.54) is 12.1 Å². The molecule has 1 aromatic carbocycles. The van der Waals surface area contributed by atoms with Gasteiger partial charge in [0.05, 0.1) is 6.54 Å². The van der Waals surface area contributed by atoms with Gasteiger partial charge >= 0.3 is 0 Å². The molecule has 1 unspecified atom stereocenters. The Labute approximate surface area is 105 Å². The van der Waals surface area contributed by atoms with Gasteiger partial charge in [-0.2, -0.15) is 0 Å². The lowest BCUT2D eigenvalue weighted by Gasteiger charge is -2.34. The second-order valence-electron chi connectivity index (χ2n) is 4.56. The predicted molar refractivity (Wildman–Crippen MR) is 65.6 cm³/mol. The first kappa shape index (κ1) is 13.2. The van der Waals surface area contributed by atoms with Gasteiger partial charge in [0.2, 0.25) is 0 Å². The first-order chi connectivity index (χ1) is 8.65. The summed E-state index contributed by atoms with van der Waals surface area (Å²) in [6, 6.07) is 6.45. The normalized spacial score (nSPS) is 20.4. The summed E-state index contributed by atoms with van der Waals surface area (Å²) in [4.78, 5) is 2.04. The molecule has 2 nitrogen and oxygen atoms in total. The van der Waals surface area contributed by atoms with E-state index in [1.807, 2.05) is 11.0 Å². The second-order valence-corrected chi connectivity index (χ2v) is 4.56. The maximum Gasteiger partial charge on any atom is 0.250 e. The van der Waals surface area contributed by atoms with Crippen LogP contribution in [0.1, 0.15) is 12.8 Å². The second kappa shape index (κ2) is 6.09. The summed E-state index contributed by atoms with van der Waals surface area (Å²) in [7, 11) is 0. The fourth-order valence-electron chi connectivity index (χ4n) is 2.31. The average Bonchev–Trinajstić information content (AvgIpc) is 2.37. The minimum absolute atomic E-state index is 0.0519. The van der Waals surface area contributed by atoms with Crippen LogP contribution in [0, 0.1) is 5.82 Å². The van der Waals surface area contributed by atoms with Crippen LogP contribution in [0.4, 0.5) is 18.9 Å². The number of alkyl halides is 2. The Kier molecular flexibility index (Phi) is 4.47. The minimum atomic E-state index is -2.32. The largest absolute Gasteiger partial charge is 0.370 e. The van der Waals surface area contributed by atoms with Crippen molar-refractivity contribution in [3.8, 4) is 0 Å². The Morgan fingerprint density at radius 3 is 2.94 bits per heavy atom. The summed E-state index contributed by atoms with van der Waals surface area (Å²) in [5.41, 5.74) is 0.818. The van der Waals surface area contributed by atoms with Crippen LogP contribution in [0.25, 0.3) is 0 Å². The van der Waals surface area contributed by atoms with E-state index in [0.29, 0.717) is 6.54 Å². The van der Waals surface area contributed by atoms with E-state index in [-0.39, 0.29) is 18.4 Å². The molecule has 1 N–H and O–H groups in total. The van der Waals surface area contributed by atoms with E-state index >= 15 is 0 Å². The summed E-state index contributed by atoms with van der Waals surface area (Å²) in [5, 5.41) is 2.85. The molecule has 0 amide bonds. The van der Waals surface area contributed by atoms with Crippen LogP contribution in [0.5, 0.6) is 0 Å². The molecule has 0 saturated carbocycles. The van der Waals surface area contributed by atoms with Gasteiger partial charge in [0, 0.05) is 24.8 Å². The minimum Gasteiger partial charge on any atom is -0.370 e. The Hall–Kier alpha value is -1.23. The fraction of sp³-hybridized carbons (Fsp3) is 0.538. The fourth-order valence-corrected chi connectivity index (χ4v) is 2.31. The van der Waals surface area contributed by atoms with Crippen LogP contribution in [-0.2, 0) is 0 Å². The standard InChI is InChI=1S/C13H17F3N2/c14-10-3-1-5-12(7-10)18-6-2-4-11(9-18)17-8-13(15)16/h1,3,5,7,11,13,17H,2,4,6,8-9H2. The lowest BCUT2D eigenvalue weighted by Crippen LogP contribution is -2.47. The lowest BCUT2D eigenvalue weighted by molar-refractivity contribution is 0.140. The number of benzene rings is 1. The van der Waals surface area contributed by atoms with E-state index in [0.717, 1.165) is 25.1 Å². The highest BCUT2D eigenvalue weighted by molar-refractivity contribution is 5.47. The summed E-state index contributed by atoms with van der Waals surface area (Å²) in [6.45, 7) is 1.22. The summed E-state index contributed by atoms with van der Waals surface area (Å²) >= 11 is 0. The molecule has 1 aromatic rings. The third-order valence-corrected chi connectivity index (χ3v) is 3.16. The highest BCUT2D eigenvalue weighted by Crippen LogP contribution is 2.20. The molecule has 2 rings (SSSR count). The molecule has 0 aromatic heterocycles. The maximum absolute atomic E-state index is 13.1. The number of piperidine rings is 1. The third kappa shape index (κ3) is 3.63. The van der Waals surface area contributed by atoms with Crippen LogP contribution < -0.4 is 10.2 Å². The smallest absolute Gasteiger partial charge is 0.250 e. The molecule has 1 atom stereocenters. The molecule has 100 valence electrons.